The Balaban J connectivity index is 0.00000150. The van der Waals surface area contributed by atoms with Crippen LogP contribution in [-0.4, -0.2) is 42.5 Å². The van der Waals surface area contributed by atoms with Crippen molar-refractivity contribution in [1.82, 2.24) is 15.2 Å². The number of nitrogens with one attached hydrogen (secondary N) is 1. The van der Waals surface area contributed by atoms with Crippen LogP contribution < -0.4 is 10.1 Å². The molecule has 0 aliphatic carbocycles. The number of aryl methyl sites for hydroxylation is 1. The summed E-state index contributed by atoms with van der Waals surface area (Å²) < 4.78 is 10.9. The fraction of sp³-hybridized carbons (Fsp3) is 0.300. The average Bonchev–Trinajstić information content (AvgIpc) is 3.37. The van der Waals surface area contributed by atoms with Crippen molar-refractivity contribution in [3.8, 4) is 16.5 Å². The number of furan rings is 1. The number of thiazole rings is 1. The van der Waals surface area contributed by atoms with Gasteiger partial charge in [0.25, 0.3) is 5.91 Å². The first kappa shape index (κ1) is 23.2. The van der Waals surface area contributed by atoms with Crippen molar-refractivity contribution >= 4 is 42.1 Å². The second-order valence-electron chi connectivity index (χ2n) is 6.36. The Morgan fingerprint density at radius 2 is 2.07 bits per heavy atom. The molecule has 156 valence electrons. The molecule has 0 saturated carbocycles. The predicted molar refractivity (Wildman–Crippen MR) is 119 cm³/mol. The summed E-state index contributed by atoms with van der Waals surface area (Å²) >= 11 is 1.48. The lowest BCUT2D eigenvalue weighted by Crippen LogP contribution is -2.49. The number of carbonyl (C=O) groups is 1. The van der Waals surface area contributed by atoms with Crippen molar-refractivity contribution in [2.45, 2.75) is 13.0 Å². The molecule has 1 saturated heterocycles. The largest absolute Gasteiger partial charge is 0.496 e. The lowest BCUT2D eigenvalue weighted by atomic mass is 10.0. The number of nitrogens with zero attached hydrogens (tertiary/aromatic N) is 2. The highest BCUT2D eigenvalue weighted by Gasteiger charge is 2.32. The molecule has 1 aliphatic rings. The molecule has 4 rings (SSSR count). The Hall–Kier alpha value is -2.06. The summed E-state index contributed by atoms with van der Waals surface area (Å²) in [5.41, 5.74) is 1.49. The van der Waals surface area contributed by atoms with E-state index in [0.29, 0.717) is 24.5 Å². The zero-order valence-electron chi connectivity index (χ0n) is 16.1. The lowest BCUT2D eigenvalue weighted by Gasteiger charge is -2.36. The molecule has 1 fully saturated rings. The molecule has 1 aromatic carbocycles. The van der Waals surface area contributed by atoms with Gasteiger partial charge in [0.1, 0.15) is 11.4 Å². The van der Waals surface area contributed by atoms with Crippen LogP contribution in [0.2, 0.25) is 0 Å². The van der Waals surface area contributed by atoms with E-state index in [1.54, 1.807) is 13.4 Å². The molecule has 0 radical (unpaired) electrons. The molecule has 1 aliphatic heterocycles. The highest BCUT2D eigenvalue weighted by atomic mass is 35.5. The van der Waals surface area contributed by atoms with Gasteiger partial charge < -0.3 is 19.4 Å². The Kier molecular flexibility index (Phi) is 8.10. The summed E-state index contributed by atoms with van der Waals surface area (Å²) in [5, 5.41) is 4.11. The highest BCUT2D eigenvalue weighted by Crippen LogP contribution is 2.33. The minimum Gasteiger partial charge on any atom is -0.496 e. The van der Waals surface area contributed by atoms with Crippen LogP contribution in [-0.2, 0) is 0 Å². The number of hydrogen-bond donors (Lipinski definition) is 1. The molecule has 9 heteroatoms. The zero-order valence-corrected chi connectivity index (χ0v) is 18.5. The highest BCUT2D eigenvalue weighted by molar-refractivity contribution is 7.15. The number of methoxy groups -OCH3 is 1. The molecule has 0 bridgehead atoms. The minimum absolute atomic E-state index is 0. The lowest BCUT2D eigenvalue weighted by molar-refractivity contribution is 0.0625. The van der Waals surface area contributed by atoms with E-state index >= 15 is 0 Å². The maximum absolute atomic E-state index is 13.4. The van der Waals surface area contributed by atoms with Crippen LogP contribution in [0, 0.1) is 6.92 Å². The minimum atomic E-state index is -0.101. The van der Waals surface area contributed by atoms with Crippen molar-refractivity contribution in [2.24, 2.45) is 0 Å². The van der Waals surface area contributed by atoms with Crippen LogP contribution in [0.15, 0.2) is 47.1 Å². The Morgan fingerprint density at radius 1 is 1.28 bits per heavy atom. The van der Waals surface area contributed by atoms with Gasteiger partial charge in [-0.2, -0.15) is 0 Å². The van der Waals surface area contributed by atoms with E-state index in [2.05, 4.69) is 10.3 Å². The van der Waals surface area contributed by atoms with E-state index in [1.165, 1.54) is 11.3 Å². The molecular formula is C20H23Cl2N3O3S. The summed E-state index contributed by atoms with van der Waals surface area (Å²) in [4.78, 5) is 20.7. The van der Waals surface area contributed by atoms with E-state index in [0.717, 1.165) is 27.7 Å². The number of aromatic nitrogens is 1. The van der Waals surface area contributed by atoms with Crippen LogP contribution in [0.4, 0.5) is 0 Å². The van der Waals surface area contributed by atoms with Crippen LogP contribution in [0.25, 0.3) is 10.8 Å². The van der Waals surface area contributed by atoms with Crippen LogP contribution >= 0.6 is 36.2 Å². The molecule has 1 N–H and O–H groups in total. The van der Waals surface area contributed by atoms with Crippen molar-refractivity contribution in [3.05, 3.63) is 58.8 Å². The number of hydrogen-bond acceptors (Lipinski definition) is 6. The molecule has 3 aromatic rings. The SMILES string of the molecule is COc1ccccc1C1CNCCN1C(=O)c1nc(-c2ccco2)sc1C.Cl.Cl. The van der Waals surface area contributed by atoms with E-state index in [-0.39, 0.29) is 36.8 Å². The summed E-state index contributed by atoms with van der Waals surface area (Å²) in [6.45, 7) is 3.98. The molecule has 1 atom stereocenters. The topological polar surface area (TPSA) is 67.6 Å². The van der Waals surface area contributed by atoms with Gasteiger partial charge in [0.2, 0.25) is 0 Å². The van der Waals surface area contributed by atoms with E-state index in [4.69, 9.17) is 9.15 Å². The number of ether oxygens (including phenoxy) is 1. The van der Waals surface area contributed by atoms with Crippen molar-refractivity contribution in [1.29, 1.82) is 0 Å². The van der Waals surface area contributed by atoms with Gasteiger partial charge in [-0.15, -0.1) is 36.2 Å². The van der Waals surface area contributed by atoms with Crippen molar-refractivity contribution in [3.63, 3.8) is 0 Å². The van der Waals surface area contributed by atoms with E-state index < -0.39 is 0 Å². The molecule has 2 aromatic heterocycles. The number of halogens is 2. The number of benzene rings is 1. The fourth-order valence-corrected chi connectivity index (χ4v) is 4.28. The smallest absolute Gasteiger partial charge is 0.274 e. The van der Waals surface area contributed by atoms with Gasteiger partial charge in [0, 0.05) is 30.1 Å². The summed E-state index contributed by atoms with van der Waals surface area (Å²) in [6.07, 6.45) is 1.61. The van der Waals surface area contributed by atoms with Crippen LogP contribution in [0.3, 0.4) is 0 Å². The molecule has 6 nitrogen and oxygen atoms in total. The summed E-state index contributed by atoms with van der Waals surface area (Å²) in [5.74, 6) is 1.41. The molecule has 1 unspecified atom stereocenters. The van der Waals surface area contributed by atoms with Crippen LogP contribution in [0.5, 0.6) is 5.75 Å². The van der Waals surface area contributed by atoms with Crippen molar-refractivity contribution in [2.75, 3.05) is 26.7 Å². The Bertz CT molecular complexity index is 946. The van der Waals surface area contributed by atoms with E-state index in [1.807, 2.05) is 48.2 Å². The second-order valence-corrected chi connectivity index (χ2v) is 7.56. The molecule has 3 heterocycles. The van der Waals surface area contributed by atoms with Crippen LogP contribution in [0.1, 0.15) is 27.0 Å². The maximum atomic E-state index is 13.4. The molecular weight excluding hydrogens is 433 g/mol. The Morgan fingerprint density at radius 3 is 2.79 bits per heavy atom. The first-order valence-electron chi connectivity index (χ1n) is 8.85. The third-order valence-corrected chi connectivity index (χ3v) is 5.72. The Labute approximate surface area is 186 Å². The number of piperazine rings is 1. The van der Waals surface area contributed by atoms with Gasteiger partial charge in [-0.3, -0.25) is 4.79 Å². The summed E-state index contributed by atoms with van der Waals surface area (Å²) in [6, 6.07) is 11.4. The average molecular weight is 456 g/mol. The quantitative estimate of drug-likeness (QED) is 0.632. The third-order valence-electron chi connectivity index (χ3n) is 4.73. The summed E-state index contributed by atoms with van der Waals surface area (Å²) in [7, 11) is 1.65. The number of carbonyl (C=O) groups excluding carboxylic acids is 1. The molecule has 1 amide bonds. The van der Waals surface area contributed by atoms with E-state index in [9.17, 15) is 4.79 Å². The maximum Gasteiger partial charge on any atom is 0.274 e. The van der Waals surface area contributed by atoms with Gasteiger partial charge in [0.05, 0.1) is 19.4 Å². The molecule has 0 spiro atoms. The van der Waals surface area contributed by atoms with Gasteiger partial charge >= 0.3 is 0 Å². The number of amides is 1. The monoisotopic (exact) mass is 455 g/mol. The number of rotatable bonds is 4. The first-order valence-corrected chi connectivity index (χ1v) is 9.66. The van der Waals surface area contributed by atoms with Gasteiger partial charge in [-0.1, -0.05) is 18.2 Å². The standard InChI is InChI=1S/C20H21N3O3S.2ClH/c1-13-18(22-19(27-13)17-8-5-11-26-17)20(24)23-10-9-21-12-15(23)14-6-3-4-7-16(14)25-2;;/h3-8,11,15,21H,9-10,12H2,1-2H3;2*1H. The normalized spacial score (nSPS) is 15.9. The first-order chi connectivity index (χ1) is 13.2. The van der Waals surface area contributed by atoms with Gasteiger partial charge in [0.15, 0.2) is 10.8 Å². The number of para-hydroxylation sites is 1. The van der Waals surface area contributed by atoms with Crippen molar-refractivity contribution < 1.29 is 13.9 Å². The fourth-order valence-electron chi connectivity index (χ4n) is 3.40. The van der Waals surface area contributed by atoms with Gasteiger partial charge in [-0.05, 0) is 25.1 Å². The third kappa shape index (κ3) is 4.59. The second kappa shape index (κ2) is 10.1. The zero-order chi connectivity index (χ0) is 18.8. The molecule has 29 heavy (non-hydrogen) atoms. The van der Waals surface area contributed by atoms with Gasteiger partial charge in [-0.25, -0.2) is 4.98 Å². The predicted octanol–water partition coefficient (Wildman–Crippen LogP) is 4.35.